The zero-order chi connectivity index (χ0) is 25.9. The molecular formula is C33H32N2O2. The van der Waals surface area contributed by atoms with Crippen LogP contribution in [-0.2, 0) is 11.8 Å². The molecule has 0 amide bonds. The van der Waals surface area contributed by atoms with Crippen LogP contribution in [0.25, 0.3) is 55.4 Å². The van der Waals surface area contributed by atoms with E-state index in [9.17, 15) is 0 Å². The Kier molecular flexibility index (Phi) is 5.45. The van der Waals surface area contributed by atoms with Gasteiger partial charge in [-0.25, -0.2) is 4.98 Å². The van der Waals surface area contributed by atoms with Crippen molar-refractivity contribution >= 4 is 33.0 Å². The van der Waals surface area contributed by atoms with Crippen LogP contribution >= 0.6 is 0 Å². The number of hydrogen-bond donors (Lipinski definition) is 0. The van der Waals surface area contributed by atoms with E-state index in [4.69, 9.17) is 18.8 Å². The number of aryl methyl sites for hydroxylation is 1. The predicted molar refractivity (Wildman–Crippen MR) is 152 cm³/mol. The van der Waals surface area contributed by atoms with Crippen LogP contribution in [0, 0.1) is 12.8 Å². The summed E-state index contributed by atoms with van der Waals surface area (Å²) in [7, 11) is 0. The van der Waals surface area contributed by atoms with Gasteiger partial charge in [0, 0.05) is 22.5 Å². The molecule has 4 heterocycles. The Morgan fingerprint density at radius 2 is 1.76 bits per heavy atom. The molecule has 0 fully saturated rings. The molecule has 4 nitrogen and oxygen atoms in total. The van der Waals surface area contributed by atoms with Gasteiger partial charge in [0.15, 0.2) is 0 Å². The number of furan rings is 2. The number of hydrogen-bond acceptors (Lipinski definition) is 4. The minimum Gasteiger partial charge on any atom is -0.464 e. The van der Waals surface area contributed by atoms with E-state index in [1.165, 1.54) is 16.5 Å². The van der Waals surface area contributed by atoms with Gasteiger partial charge in [0.05, 0.1) is 29.1 Å². The van der Waals surface area contributed by atoms with E-state index in [0.29, 0.717) is 11.6 Å². The van der Waals surface area contributed by atoms with Crippen LogP contribution < -0.4 is 0 Å². The van der Waals surface area contributed by atoms with Crippen molar-refractivity contribution in [3.63, 3.8) is 0 Å². The Morgan fingerprint density at radius 3 is 2.54 bits per heavy atom. The average molecular weight is 489 g/mol. The van der Waals surface area contributed by atoms with Crippen molar-refractivity contribution < 1.29 is 8.83 Å². The third-order valence-corrected chi connectivity index (χ3v) is 7.13. The highest BCUT2D eigenvalue weighted by Gasteiger charge is 2.21. The van der Waals surface area contributed by atoms with Crippen molar-refractivity contribution in [3.8, 4) is 22.4 Å². The molecule has 0 aliphatic carbocycles. The summed E-state index contributed by atoms with van der Waals surface area (Å²) in [5.74, 6) is 0.576. The summed E-state index contributed by atoms with van der Waals surface area (Å²) in [5, 5.41) is 3.33. The van der Waals surface area contributed by atoms with Crippen molar-refractivity contribution in [2.24, 2.45) is 5.92 Å². The van der Waals surface area contributed by atoms with Crippen molar-refractivity contribution in [1.29, 1.82) is 0 Å². The lowest BCUT2D eigenvalue weighted by molar-refractivity contribution is 0.594. The fourth-order valence-electron chi connectivity index (χ4n) is 5.33. The fraction of sp³-hybridized carbons (Fsp3) is 0.273. The lowest BCUT2D eigenvalue weighted by atomic mass is 9.83. The average Bonchev–Trinajstić information content (AvgIpc) is 3.44. The molecule has 0 saturated carbocycles. The number of fused-ring (bicyclic) bond motifs is 3. The van der Waals surface area contributed by atoms with E-state index in [0.717, 1.165) is 56.2 Å². The lowest BCUT2D eigenvalue weighted by Crippen LogP contribution is -2.12. The van der Waals surface area contributed by atoms with E-state index < -0.39 is 0 Å². The summed E-state index contributed by atoms with van der Waals surface area (Å²) < 4.78 is 12.0. The van der Waals surface area contributed by atoms with Gasteiger partial charge in [-0.05, 0) is 82.8 Å². The van der Waals surface area contributed by atoms with Crippen molar-refractivity contribution in [2.45, 2.75) is 53.4 Å². The molecule has 6 rings (SSSR count). The third-order valence-electron chi connectivity index (χ3n) is 7.13. The van der Waals surface area contributed by atoms with Crippen LogP contribution in [0.1, 0.15) is 51.3 Å². The number of benzene rings is 2. The van der Waals surface area contributed by atoms with Gasteiger partial charge in [-0.15, -0.1) is 0 Å². The molecule has 0 N–H and O–H groups in total. The van der Waals surface area contributed by atoms with Crippen LogP contribution in [-0.4, -0.2) is 9.97 Å². The van der Waals surface area contributed by atoms with E-state index in [1.807, 2.05) is 18.5 Å². The topological polar surface area (TPSA) is 52.1 Å². The number of nitrogens with zero attached hydrogens (tertiary/aromatic N) is 2. The number of rotatable bonds is 4. The van der Waals surface area contributed by atoms with Crippen LogP contribution in [0.15, 0.2) is 76.1 Å². The van der Waals surface area contributed by atoms with E-state index in [2.05, 4.69) is 84.0 Å². The SMILES string of the molecule is Cc1coc2nc(-c3cc(C(C)(C)C)c4ncccc4c3)cc(-c3ccc4c(CC(C)C)coc4c3)c12. The Morgan fingerprint density at radius 1 is 0.919 bits per heavy atom. The third kappa shape index (κ3) is 4.11. The minimum atomic E-state index is -0.0607. The maximum Gasteiger partial charge on any atom is 0.227 e. The molecule has 0 saturated heterocycles. The molecule has 0 aliphatic rings. The first-order valence-electron chi connectivity index (χ1n) is 13.0. The van der Waals surface area contributed by atoms with Gasteiger partial charge < -0.3 is 8.83 Å². The largest absolute Gasteiger partial charge is 0.464 e. The summed E-state index contributed by atoms with van der Waals surface area (Å²) in [6.07, 6.45) is 6.57. The van der Waals surface area contributed by atoms with Crippen LogP contribution in [0.4, 0.5) is 0 Å². The summed E-state index contributed by atoms with van der Waals surface area (Å²) in [4.78, 5) is 9.67. The fourth-order valence-corrected chi connectivity index (χ4v) is 5.33. The minimum absolute atomic E-state index is 0.0607. The zero-order valence-electron chi connectivity index (χ0n) is 22.3. The molecule has 0 atom stereocenters. The second kappa shape index (κ2) is 8.58. The van der Waals surface area contributed by atoms with Crippen LogP contribution in [0.3, 0.4) is 0 Å². The molecule has 37 heavy (non-hydrogen) atoms. The highest BCUT2D eigenvalue weighted by Crippen LogP contribution is 2.39. The van der Waals surface area contributed by atoms with Gasteiger partial charge in [0.25, 0.3) is 0 Å². The summed E-state index contributed by atoms with van der Waals surface area (Å²) >= 11 is 0. The molecule has 0 unspecified atom stereocenters. The molecule has 4 heteroatoms. The maximum atomic E-state index is 6.01. The summed E-state index contributed by atoms with van der Waals surface area (Å²) in [5.41, 5.74) is 10.2. The van der Waals surface area contributed by atoms with Gasteiger partial charge in [-0.1, -0.05) is 52.8 Å². The van der Waals surface area contributed by atoms with E-state index in [1.54, 1.807) is 6.26 Å². The highest BCUT2D eigenvalue weighted by atomic mass is 16.3. The van der Waals surface area contributed by atoms with Crippen molar-refractivity contribution in [3.05, 3.63) is 83.9 Å². The van der Waals surface area contributed by atoms with Gasteiger partial charge in [-0.3, -0.25) is 4.98 Å². The van der Waals surface area contributed by atoms with Gasteiger partial charge in [0.1, 0.15) is 5.58 Å². The summed E-state index contributed by atoms with van der Waals surface area (Å²) in [6, 6.07) is 17.2. The second-order valence-corrected chi connectivity index (χ2v) is 11.6. The molecule has 0 radical (unpaired) electrons. The first kappa shape index (κ1) is 23.5. The smallest absolute Gasteiger partial charge is 0.227 e. The van der Waals surface area contributed by atoms with Crippen LogP contribution in [0.5, 0.6) is 0 Å². The number of pyridine rings is 2. The van der Waals surface area contributed by atoms with Gasteiger partial charge >= 0.3 is 0 Å². The molecule has 0 bridgehead atoms. The van der Waals surface area contributed by atoms with Gasteiger partial charge in [-0.2, -0.15) is 0 Å². The summed E-state index contributed by atoms with van der Waals surface area (Å²) in [6.45, 7) is 13.2. The molecule has 6 aromatic rings. The Labute approximate surface area is 217 Å². The van der Waals surface area contributed by atoms with Crippen molar-refractivity contribution in [1.82, 2.24) is 9.97 Å². The normalized spacial score (nSPS) is 12.4. The predicted octanol–water partition coefficient (Wildman–Crippen LogP) is 9.26. The Bertz CT molecular complexity index is 1780. The highest BCUT2D eigenvalue weighted by molar-refractivity contribution is 5.99. The first-order valence-corrected chi connectivity index (χ1v) is 13.0. The lowest BCUT2D eigenvalue weighted by Gasteiger charge is -2.22. The zero-order valence-corrected chi connectivity index (χ0v) is 22.3. The Balaban J connectivity index is 1.57. The molecule has 2 aromatic carbocycles. The standard InChI is InChI=1S/C33H32N2O2/c1-19(2)12-24-18-36-29-15-21(9-10-25(24)29)26-16-28(35-32-30(26)20(3)17-37-32)23-13-22-8-7-11-34-31(22)27(14-23)33(4,5)6/h7-11,13-19H,12H2,1-6H3. The maximum absolute atomic E-state index is 6.01. The van der Waals surface area contributed by atoms with Crippen LogP contribution in [0.2, 0.25) is 0 Å². The van der Waals surface area contributed by atoms with E-state index >= 15 is 0 Å². The molecule has 186 valence electrons. The monoisotopic (exact) mass is 488 g/mol. The molecule has 0 aliphatic heterocycles. The molecular weight excluding hydrogens is 456 g/mol. The molecule has 0 spiro atoms. The first-order chi connectivity index (χ1) is 17.7. The van der Waals surface area contributed by atoms with Crippen molar-refractivity contribution in [2.75, 3.05) is 0 Å². The molecule has 4 aromatic heterocycles. The Hall–Kier alpha value is -3.92. The van der Waals surface area contributed by atoms with E-state index in [-0.39, 0.29) is 5.41 Å². The van der Waals surface area contributed by atoms with Gasteiger partial charge in [0.2, 0.25) is 5.71 Å². The second-order valence-electron chi connectivity index (χ2n) is 11.6. The quantitative estimate of drug-likeness (QED) is 0.248. The number of aromatic nitrogens is 2.